The largest absolute Gasteiger partial charge is 0.318 e. The van der Waals surface area contributed by atoms with Gasteiger partial charge in [0.2, 0.25) is 0 Å². The minimum atomic E-state index is -0.250. The molecule has 1 aliphatic heterocycles. The standard InChI is InChI=1S/C17H19N7O/c25-17(16-9-15(22-23-16)14-3-1-2-6-19-14)21-12-10-20-24(11-12)13-4-7-18-8-5-13/h1-3,6,9-11,13,18H,4-5,7-8H2,(H,21,25)(H,22,23). The molecular weight excluding hydrogens is 318 g/mol. The van der Waals surface area contributed by atoms with Gasteiger partial charge in [0.25, 0.3) is 5.91 Å². The number of amides is 1. The highest BCUT2D eigenvalue weighted by Gasteiger charge is 2.17. The molecule has 1 saturated heterocycles. The Bertz CT molecular complexity index is 849. The number of nitrogens with zero attached hydrogens (tertiary/aromatic N) is 4. The topological polar surface area (TPSA) is 101 Å². The van der Waals surface area contributed by atoms with Crippen molar-refractivity contribution in [2.45, 2.75) is 18.9 Å². The van der Waals surface area contributed by atoms with Crippen molar-refractivity contribution in [1.82, 2.24) is 30.3 Å². The third-order valence-electron chi connectivity index (χ3n) is 4.29. The fraction of sp³-hybridized carbons (Fsp3) is 0.294. The molecule has 0 spiro atoms. The highest BCUT2D eigenvalue weighted by molar-refractivity contribution is 6.03. The van der Waals surface area contributed by atoms with E-state index in [1.54, 1.807) is 18.5 Å². The van der Waals surface area contributed by atoms with E-state index in [0.717, 1.165) is 31.6 Å². The summed E-state index contributed by atoms with van der Waals surface area (Å²) >= 11 is 0. The van der Waals surface area contributed by atoms with E-state index in [4.69, 9.17) is 0 Å². The molecule has 0 bridgehead atoms. The van der Waals surface area contributed by atoms with Crippen LogP contribution in [0.15, 0.2) is 42.9 Å². The summed E-state index contributed by atoms with van der Waals surface area (Å²) in [6.07, 6.45) is 7.34. The third-order valence-corrected chi connectivity index (χ3v) is 4.29. The lowest BCUT2D eigenvalue weighted by molar-refractivity contribution is 0.102. The molecule has 0 aromatic carbocycles. The number of nitrogens with one attached hydrogen (secondary N) is 3. The number of hydrogen-bond acceptors (Lipinski definition) is 5. The molecule has 1 fully saturated rings. The second-order valence-electron chi connectivity index (χ2n) is 6.03. The predicted octanol–water partition coefficient (Wildman–Crippen LogP) is 1.84. The molecule has 0 radical (unpaired) electrons. The molecule has 3 aromatic heterocycles. The van der Waals surface area contributed by atoms with Crippen molar-refractivity contribution in [2.24, 2.45) is 0 Å². The first kappa shape index (κ1) is 15.5. The van der Waals surface area contributed by atoms with E-state index in [1.165, 1.54) is 0 Å². The van der Waals surface area contributed by atoms with Crippen molar-refractivity contribution in [1.29, 1.82) is 0 Å². The molecule has 0 aliphatic carbocycles. The number of H-pyrrole nitrogens is 1. The van der Waals surface area contributed by atoms with Crippen LogP contribution >= 0.6 is 0 Å². The Morgan fingerprint density at radius 3 is 2.92 bits per heavy atom. The fourth-order valence-corrected chi connectivity index (χ4v) is 2.96. The lowest BCUT2D eigenvalue weighted by atomic mass is 10.1. The number of hydrogen-bond donors (Lipinski definition) is 3. The molecule has 128 valence electrons. The van der Waals surface area contributed by atoms with Crippen molar-refractivity contribution in [3.05, 3.63) is 48.5 Å². The van der Waals surface area contributed by atoms with Crippen molar-refractivity contribution < 1.29 is 4.79 Å². The smallest absolute Gasteiger partial charge is 0.273 e. The lowest BCUT2D eigenvalue weighted by Gasteiger charge is -2.22. The molecule has 8 heteroatoms. The molecular formula is C17H19N7O. The van der Waals surface area contributed by atoms with Gasteiger partial charge in [0.1, 0.15) is 11.4 Å². The molecule has 1 aliphatic rings. The Kier molecular flexibility index (Phi) is 4.26. The number of anilines is 1. The molecule has 3 aromatic rings. The molecule has 0 unspecified atom stereocenters. The number of carbonyl (C=O) groups excluding carboxylic acids is 1. The fourth-order valence-electron chi connectivity index (χ4n) is 2.96. The quantitative estimate of drug-likeness (QED) is 0.674. The number of piperidine rings is 1. The number of carbonyl (C=O) groups is 1. The van der Waals surface area contributed by atoms with Gasteiger partial charge in [-0.15, -0.1) is 0 Å². The van der Waals surface area contributed by atoms with E-state index in [1.807, 2.05) is 29.1 Å². The first-order chi connectivity index (χ1) is 12.3. The number of aromatic amines is 1. The number of aromatic nitrogens is 5. The van der Waals surface area contributed by atoms with Gasteiger partial charge in [-0.2, -0.15) is 10.2 Å². The lowest BCUT2D eigenvalue weighted by Crippen LogP contribution is -2.29. The Morgan fingerprint density at radius 2 is 2.12 bits per heavy atom. The summed E-state index contributed by atoms with van der Waals surface area (Å²) in [4.78, 5) is 16.6. The summed E-state index contributed by atoms with van der Waals surface area (Å²) in [5.74, 6) is -0.250. The summed E-state index contributed by atoms with van der Waals surface area (Å²) < 4.78 is 1.93. The zero-order valence-corrected chi connectivity index (χ0v) is 13.6. The van der Waals surface area contributed by atoms with E-state index in [-0.39, 0.29) is 5.91 Å². The second kappa shape index (κ2) is 6.86. The highest BCUT2D eigenvalue weighted by Crippen LogP contribution is 2.20. The maximum absolute atomic E-state index is 12.4. The predicted molar refractivity (Wildman–Crippen MR) is 93.1 cm³/mol. The van der Waals surface area contributed by atoms with Crippen LogP contribution in [0.1, 0.15) is 29.4 Å². The summed E-state index contributed by atoms with van der Waals surface area (Å²) in [5, 5.41) is 17.5. The Morgan fingerprint density at radius 1 is 1.24 bits per heavy atom. The van der Waals surface area contributed by atoms with Gasteiger partial charge in [-0.05, 0) is 44.1 Å². The maximum atomic E-state index is 12.4. The van der Waals surface area contributed by atoms with E-state index >= 15 is 0 Å². The first-order valence-electron chi connectivity index (χ1n) is 8.32. The summed E-state index contributed by atoms with van der Waals surface area (Å²) in [7, 11) is 0. The van der Waals surface area contributed by atoms with Crippen LogP contribution in [0, 0.1) is 0 Å². The van der Waals surface area contributed by atoms with Gasteiger partial charge in [-0.3, -0.25) is 19.6 Å². The molecule has 3 N–H and O–H groups in total. The second-order valence-corrected chi connectivity index (χ2v) is 6.03. The van der Waals surface area contributed by atoms with Crippen molar-refractivity contribution in [3.63, 3.8) is 0 Å². The molecule has 4 rings (SSSR count). The minimum Gasteiger partial charge on any atom is -0.318 e. The Balaban J connectivity index is 1.44. The Hall–Kier alpha value is -3.00. The van der Waals surface area contributed by atoms with Gasteiger partial charge in [-0.25, -0.2) is 0 Å². The normalized spacial score (nSPS) is 15.2. The summed E-state index contributed by atoms with van der Waals surface area (Å²) in [5.41, 5.74) is 2.42. The van der Waals surface area contributed by atoms with E-state index < -0.39 is 0 Å². The minimum absolute atomic E-state index is 0.250. The third kappa shape index (κ3) is 3.43. The van der Waals surface area contributed by atoms with Crippen LogP contribution < -0.4 is 10.6 Å². The van der Waals surface area contributed by atoms with Gasteiger partial charge in [0, 0.05) is 12.4 Å². The van der Waals surface area contributed by atoms with Crippen molar-refractivity contribution in [2.75, 3.05) is 18.4 Å². The summed E-state index contributed by atoms with van der Waals surface area (Å²) in [6, 6.07) is 7.64. The number of pyridine rings is 1. The molecule has 0 atom stereocenters. The SMILES string of the molecule is O=C(Nc1cnn(C2CCNCC2)c1)c1cc(-c2ccccn2)n[nH]1. The highest BCUT2D eigenvalue weighted by atomic mass is 16.1. The van der Waals surface area contributed by atoms with Gasteiger partial charge in [0.05, 0.1) is 23.6 Å². The van der Waals surface area contributed by atoms with E-state index in [9.17, 15) is 4.79 Å². The zero-order chi connectivity index (χ0) is 17.1. The number of rotatable bonds is 4. The van der Waals surface area contributed by atoms with E-state index in [2.05, 4.69) is 30.9 Å². The van der Waals surface area contributed by atoms with Crippen LogP contribution in [0.25, 0.3) is 11.4 Å². The van der Waals surface area contributed by atoms with Crippen LogP contribution in [0.5, 0.6) is 0 Å². The van der Waals surface area contributed by atoms with Crippen LogP contribution in [0.4, 0.5) is 5.69 Å². The molecule has 0 saturated carbocycles. The molecule has 4 heterocycles. The zero-order valence-electron chi connectivity index (χ0n) is 13.6. The van der Waals surface area contributed by atoms with Crippen molar-refractivity contribution >= 4 is 11.6 Å². The van der Waals surface area contributed by atoms with Crippen LogP contribution in [-0.2, 0) is 0 Å². The van der Waals surface area contributed by atoms with Crippen LogP contribution in [0.3, 0.4) is 0 Å². The van der Waals surface area contributed by atoms with Crippen molar-refractivity contribution in [3.8, 4) is 11.4 Å². The average molecular weight is 337 g/mol. The monoisotopic (exact) mass is 337 g/mol. The molecule has 8 nitrogen and oxygen atoms in total. The summed E-state index contributed by atoms with van der Waals surface area (Å²) in [6.45, 7) is 1.99. The van der Waals surface area contributed by atoms with Crippen LogP contribution in [0.2, 0.25) is 0 Å². The van der Waals surface area contributed by atoms with Gasteiger partial charge < -0.3 is 10.6 Å². The average Bonchev–Trinajstić information content (AvgIpc) is 3.33. The molecule has 1 amide bonds. The van der Waals surface area contributed by atoms with Gasteiger partial charge >= 0.3 is 0 Å². The maximum Gasteiger partial charge on any atom is 0.273 e. The van der Waals surface area contributed by atoms with Gasteiger partial charge in [0.15, 0.2) is 0 Å². The van der Waals surface area contributed by atoms with Crippen LogP contribution in [-0.4, -0.2) is 44.0 Å². The van der Waals surface area contributed by atoms with Gasteiger partial charge in [-0.1, -0.05) is 6.07 Å². The first-order valence-corrected chi connectivity index (χ1v) is 8.32. The molecule has 25 heavy (non-hydrogen) atoms. The Labute approximate surface area is 144 Å². The van der Waals surface area contributed by atoms with E-state index in [0.29, 0.717) is 23.1 Å².